The maximum atomic E-state index is 13.1. The number of aromatic nitrogens is 6. The van der Waals surface area contributed by atoms with Crippen molar-refractivity contribution in [1.29, 1.82) is 0 Å². The molecule has 3 aromatic rings. The molecule has 0 N–H and O–H groups in total. The first kappa shape index (κ1) is 22.8. The van der Waals surface area contributed by atoms with Gasteiger partial charge in [-0.15, -0.1) is 5.10 Å². The zero-order valence-corrected chi connectivity index (χ0v) is 20.4. The molecule has 0 spiro atoms. The van der Waals surface area contributed by atoms with Gasteiger partial charge in [0.2, 0.25) is 15.2 Å². The van der Waals surface area contributed by atoms with Crippen LogP contribution >= 0.6 is 11.8 Å². The average molecular weight is 492 g/mol. The van der Waals surface area contributed by atoms with Crippen LogP contribution < -0.4 is 0 Å². The van der Waals surface area contributed by atoms with Crippen molar-refractivity contribution in [1.82, 2.24) is 34.1 Å². The topological polar surface area (TPSA) is 108 Å². The second kappa shape index (κ2) is 9.69. The van der Waals surface area contributed by atoms with Gasteiger partial charge in [0, 0.05) is 26.2 Å². The molecule has 0 unspecified atom stereocenters. The monoisotopic (exact) mass is 491 g/mol. The number of thioether (sulfide) groups is 1. The van der Waals surface area contributed by atoms with E-state index in [-0.39, 0.29) is 6.10 Å². The molecule has 2 saturated heterocycles. The number of rotatable bonds is 8. The lowest BCUT2D eigenvalue weighted by Gasteiger charge is -2.25. The molecule has 1 aromatic carbocycles. The summed E-state index contributed by atoms with van der Waals surface area (Å²) >= 11 is 1.53. The Bertz CT molecular complexity index is 1210. The van der Waals surface area contributed by atoms with Gasteiger partial charge in [0.05, 0.1) is 34.3 Å². The van der Waals surface area contributed by atoms with Gasteiger partial charge >= 0.3 is 0 Å². The first-order valence-electron chi connectivity index (χ1n) is 11.6. The third-order valence-corrected chi connectivity index (χ3v) is 9.15. The fourth-order valence-electron chi connectivity index (χ4n) is 4.56. The van der Waals surface area contributed by atoms with Crippen LogP contribution in [0.15, 0.2) is 28.3 Å². The zero-order chi connectivity index (χ0) is 22.8. The molecule has 33 heavy (non-hydrogen) atoms. The number of aryl methyl sites for hydroxylation is 1. The van der Waals surface area contributed by atoms with Gasteiger partial charge in [-0.25, -0.2) is 18.1 Å². The number of sulfonamides is 1. The number of hydrogen-bond donors (Lipinski definition) is 0. The molecule has 0 bridgehead atoms. The van der Waals surface area contributed by atoms with E-state index in [0.717, 1.165) is 61.8 Å². The number of hydrogen-bond acceptors (Lipinski definition) is 8. The normalized spacial score (nSPS) is 20.1. The minimum atomic E-state index is -3.49. The Morgan fingerprint density at radius 2 is 2.03 bits per heavy atom. The van der Waals surface area contributed by atoms with Crippen LogP contribution in [-0.2, 0) is 33.6 Å². The van der Waals surface area contributed by atoms with Gasteiger partial charge in [0.15, 0.2) is 0 Å². The smallest absolute Gasteiger partial charge is 0.243 e. The summed E-state index contributed by atoms with van der Waals surface area (Å²) in [6, 6.07) is 5.29. The summed E-state index contributed by atoms with van der Waals surface area (Å²) in [5.74, 6) is 1.46. The lowest BCUT2D eigenvalue weighted by atomic mass is 10.2. The quantitative estimate of drug-likeness (QED) is 0.443. The first-order valence-corrected chi connectivity index (χ1v) is 14.0. The van der Waals surface area contributed by atoms with E-state index < -0.39 is 10.0 Å². The van der Waals surface area contributed by atoms with Crippen LogP contribution in [0.25, 0.3) is 11.0 Å². The molecule has 5 rings (SSSR count). The number of fused-ring (bicyclic) bond motifs is 1. The highest BCUT2D eigenvalue weighted by atomic mass is 32.2. The summed E-state index contributed by atoms with van der Waals surface area (Å²) in [7, 11) is -3.49. The Morgan fingerprint density at radius 3 is 2.79 bits per heavy atom. The molecule has 2 aromatic heterocycles. The van der Waals surface area contributed by atoms with Crippen LogP contribution in [0.1, 0.15) is 44.9 Å². The van der Waals surface area contributed by atoms with E-state index in [9.17, 15) is 8.42 Å². The predicted molar refractivity (Wildman–Crippen MR) is 124 cm³/mol. The molecule has 1 atom stereocenters. The van der Waals surface area contributed by atoms with Crippen molar-refractivity contribution in [3.63, 3.8) is 0 Å². The molecule has 10 nitrogen and oxygen atoms in total. The second-order valence-electron chi connectivity index (χ2n) is 8.45. The Labute approximate surface area is 197 Å². The summed E-state index contributed by atoms with van der Waals surface area (Å²) in [5, 5.41) is 12.8. The molecule has 0 saturated carbocycles. The van der Waals surface area contributed by atoms with Crippen molar-refractivity contribution in [2.75, 3.05) is 19.7 Å². The maximum absolute atomic E-state index is 13.1. The average Bonchev–Trinajstić information content (AvgIpc) is 3.58. The summed E-state index contributed by atoms with van der Waals surface area (Å²) in [4.78, 5) is 5.11. The lowest BCUT2D eigenvalue weighted by molar-refractivity contribution is 0.0912. The van der Waals surface area contributed by atoms with Crippen LogP contribution in [0.3, 0.4) is 0 Å². The number of benzene rings is 1. The van der Waals surface area contributed by atoms with Gasteiger partial charge in [-0.1, -0.05) is 18.2 Å². The van der Waals surface area contributed by atoms with Crippen LogP contribution in [0.2, 0.25) is 0 Å². The Morgan fingerprint density at radius 1 is 1.18 bits per heavy atom. The van der Waals surface area contributed by atoms with E-state index in [1.807, 2.05) is 6.07 Å². The molecule has 0 aliphatic carbocycles. The number of tetrazole rings is 1. The molecular weight excluding hydrogens is 462 g/mol. The highest BCUT2D eigenvalue weighted by molar-refractivity contribution is 7.98. The Kier molecular flexibility index (Phi) is 6.68. The van der Waals surface area contributed by atoms with E-state index in [4.69, 9.17) is 9.72 Å². The molecule has 2 aliphatic rings. The van der Waals surface area contributed by atoms with Crippen LogP contribution in [0, 0.1) is 0 Å². The van der Waals surface area contributed by atoms with E-state index in [1.165, 1.54) is 11.8 Å². The van der Waals surface area contributed by atoms with Crippen LogP contribution in [0.5, 0.6) is 0 Å². The summed E-state index contributed by atoms with van der Waals surface area (Å²) in [6.07, 6.45) is 5.18. The van der Waals surface area contributed by atoms with Crippen molar-refractivity contribution in [3.05, 3.63) is 24.0 Å². The van der Waals surface area contributed by atoms with E-state index in [1.54, 1.807) is 21.1 Å². The summed E-state index contributed by atoms with van der Waals surface area (Å²) in [6.45, 7) is 5.43. The molecular formula is C21H29N7O3S2. The minimum Gasteiger partial charge on any atom is -0.376 e. The second-order valence-corrected chi connectivity index (χ2v) is 11.3. The fraction of sp³-hybridized carbons (Fsp3) is 0.619. The number of piperidine rings is 1. The van der Waals surface area contributed by atoms with Gasteiger partial charge in [0.1, 0.15) is 5.82 Å². The third-order valence-electron chi connectivity index (χ3n) is 6.30. The van der Waals surface area contributed by atoms with Crippen molar-refractivity contribution >= 4 is 32.8 Å². The Balaban J connectivity index is 1.36. The molecule has 0 radical (unpaired) electrons. The number of nitrogens with zero attached hydrogens (tertiary/aromatic N) is 7. The standard InChI is InChI=1S/C21H29N7O3S2/c1-2-27-19-9-8-17(33(29,30)26-10-4-3-5-11-26)13-18(19)22-20(27)15-32-21-23-24-25-28(21)14-16-7-6-12-31-16/h8-9,13,16H,2-7,10-12,14-15H2,1H3/t16-/m1/s1. The minimum absolute atomic E-state index is 0.161. The van der Waals surface area contributed by atoms with Gasteiger partial charge in [0.25, 0.3) is 0 Å². The molecule has 2 fully saturated rings. The van der Waals surface area contributed by atoms with Crippen LogP contribution in [0.4, 0.5) is 0 Å². The molecule has 12 heteroatoms. The van der Waals surface area contributed by atoms with Crippen molar-refractivity contribution in [2.45, 2.75) is 74.0 Å². The first-order chi connectivity index (χ1) is 16.1. The summed E-state index contributed by atoms with van der Waals surface area (Å²) in [5.41, 5.74) is 1.63. The third kappa shape index (κ3) is 4.66. The number of ether oxygens (including phenoxy) is 1. The summed E-state index contributed by atoms with van der Waals surface area (Å²) < 4.78 is 37.4. The van der Waals surface area contributed by atoms with E-state index >= 15 is 0 Å². The van der Waals surface area contributed by atoms with E-state index in [2.05, 4.69) is 27.0 Å². The van der Waals surface area contributed by atoms with E-state index in [0.29, 0.717) is 35.8 Å². The highest BCUT2D eigenvalue weighted by Crippen LogP contribution is 2.28. The van der Waals surface area contributed by atoms with Crippen molar-refractivity contribution in [2.24, 2.45) is 0 Å². The fourth-order valence-corrected chi connectivity index (χ4v) is 6.93. The molecule has 4 heterocycles. The van der Waals surface area contributed by atoms with Crippen molar-refractivity contribution in [3.8, 4) is 0 Å². The molecule has 2 aliphatic heterocycles. The maximum Gasteiger partial charge on any atom is 0.243 e. The zero-order valence-electron chi connectivity index (χ0n) is 18.8. The van der Waals surface area contributed by atoms with Crippen molar-refractivity contribution < 1.29 is 13.2 Å². The van der Waals surface area contributed by atoms with Crippen LogP contribution in [-0.4, -0.2) is 68.3 Å². The molecule has 0 amide bonds. The van der Waals surface area contributed by atoms with Gasteiger partial charge < -0.3 is 9.30 Å². The van der Waals surface area contributed by atoms with Gasteiger partial charge in [-0.05, 0) is 61.2 Å². The highest BCUT2D eigenvalue weighted by Gasteiger charge is 2.27. The lowest BCUT2D eigenvalue weighted by Crippen LogP contribution is -2.35. The molecule has 178 valence electrons. The van der Waals surface area contributed by atoms with Gasteiger partial charge in [-0.3, -0.25) is 0 Å². The number of imidazole rings is 1. The SMILES string of the molecule is CCn1c(CSc2nnnn2C[C@H]2CCCO2)nc2cc(S(=O)(=O)N3CCCCC3)ccc21. The van der Waals surface area contributed by atoms with Gasteiger partial charge in [-0.2, -0.15) is 4.31 Å². The largest absolute Gasteiger partial charge is 0.376 e. The Hall–Kier alpha value is -2.02. The predicted octanol–water partition coefficient (Wildman–Crippen LogP) is 2.69.